The van der Waals surface area contributed by atoms with Gasteiger partial charge < -0.3 is 0 Å². The van der Waals surface area contributed by atoms with E-state index >= 15 is 0 Å². The molecular weight excluding hydrogens is 148 g/mol. The maximum Gasteiger partial charge on any atom is 0.151 e. The summed E-state index contributed by atoms with van der Waals surface area (Å²) in [5, 5.41) is 7.93. The number of nitrogens with zero attached hydrogens (tertiary/aromatic N) is 2. The van der Waals surface area contributed by atoms with Crippen molar-refractivity contribution >= 4 is 11.6 Å². The Morgan fingerprint density at radius 2 is 2.30 bits per heavy atom. The second kappa shape index (κ2) is 2.20. The second-order valence-corrected chi connectivity index (χ2v) is 2.97. The van der Waals surface area contributed by atoms with Gasteiger partial charge in [-0.3, -0.25) is 0 Å². The first-order valence-electron chi connectivity index (χ1n) is 3.34. The van der Waals surface area contributed by atoms with E-state index in [2.05, 4.69) is 10.2 Å². The minimum Gasteiger partial charge on any atom is -0.157 e. The first-order valence-corrected chi connectivity index (χ1v) is 3.72. The summed E-state index contributed by atoms with van der Waals surface area (Å²) in [6, 6.07) is 1.90. The molecule has 3 heteroatoms. The number of rotatable bonds is 1. The maximum absolute atomic E-state index is 5.64. The van der Waals surface area contributed by atoms with Gasteiger partial charge in [0.15, 0.2) is 5.15 Å². The Kier molecular flexibility index (Phi) is 1.34. The first-order chi connectivity index (χ1) is 4.86. The monoisotopic (exact) mass is 154 g/mol. The van der Waals surface area contributed by atoms with Gasteiger partial charge in [-0.1, -0.05) is 11.6 Å². The summed E-state index contributed by atoms with van der Waals surface area (Å²) >= 11 is 5.64. The molecule has 0 radical (unpaired) electrons. The van der Waals surface area contributed by atoms with Crippen molar-refractivity contribution in [2.24, 2.45) is 0 Å². The first kappa shape index (κ1) is 6.10. The number of hydrogen-bond acceptors (Lipinski definition) is 2. The van der Waals surface area contributed by atoms with Crippen LogP contribution in [-0.4, -0.2) is 10.2 Å². The van der Waals surface area contributed by atoms with Gasteiger partial charge in [-0.15, -0.1) is 5.10 Å². The maximum atomic E-state index is 5.64. The lowest BCUT2D eigenvalue weighted by atomic mass is 10.2. The minimum atomic E-state index is 0.504. The van der Waals surface area contributed by atoms with Crippen molar-refractivity contribution < 1.29 is 0 Å². The molecule has 1 saturated carbocycles. The summed E-state index contributed by atoms with van der Waals surface area (Å²) in [4.78, 5) is 0. The smallest absolute Gasteiger partial charge is 0.151 e. The topological polar surface area (TPSA) is 25.8 Å². The van der Waals surface area contributed by atoms with Crippen LogP contribution in [0.5, 0.6) is 0 Å². The summed E-state index contributed by atoms with van der Waals surface area (Å²) in [6.45, 7) is 0. The van der Waals surface area contributed by atoms with Crippen molar-refractivity contribution in [3.8, 4) is 0 Å². The Bertz CT molecular complexity index is 245. The van der Waals surface area contributed by atoms with Gasteiger partial charge in [0.05, 0.1) is 6.20 Å². The average Bonchev–Trinajstić information content (AvgIpc) is 2.68. The molecule has 0 unspecified atom stereocenters. The molecule has 1 fully saturated rings. The molecule has 10 heavy (non-hydrogen) atoms. The Morgan fingerprint density at radius 1 is 1.50 bits per heavy atom. The zero-order chi connectivity index (χ0) is 6.97. The van der Waals surface area contributed by atoms with E-state index in [-0.39, 0.29) is 0 Å². The van der Waals surface area contributed by atoms with Gasteiger partial charge in [-0.25, -0.2) is 0 Å². The van der Waals surface area contributed by atoms with Gasteiger partial charge >= 0.3 is 0 Å². The molecule has 0 amide bonds. The van der Waals surface area contributed by atoms with Crippen LogP contribution in [0.1, 0.15) is 24.3 Å². The highest BCUT2D eigenvalue weighted by Crippen LogP contribution is 2.39. The zero-order valence-corrected chi connectivity index (χ0v) is 6.17. The molecule has 1 heterocycles. The molecule has 1 aliphatic carbocycles. The summed E-state index contributed by atoms with van der Waals surface area (Å²) in [5.41, 5.74) is 1.24. The molecule has 0 aliphatic heterocycles. The van der Waals surface area contributed by atoms with Crippen LogP contribution >= 0.6 is 11.6 Å². The Balaban J connectivity index is 2.32. The molecule has 0 spiro atoms. The van der Waals surface area contributed by atoms with Crippen LogP contribution in [0.4, 0.5) is 0 Å². The number of hydrogen-bond donors (Lipinski definition) is 0. The molecule has 52 valence electrons. The lowest BCUT2D eigenvalue weighted by molar-refractivity contribution is 0.978. The van der Waals surface area contributed by atoms with Crippen LogP contribution < -0.4 is 0 Å². The quantitative estimate of drug-likeness (QED) is 0.619. The molecule has 1 aromatic rings. The normalized spacial score (nSPS) is 17.3. The highest BCUT2D eigenvalue weighted by atomic mass is 35.5. The summed E-state index contributed by atoms with van der Waals surface area (Å²) in [5.74, 6) is 0.716. The van der Waals surface area contributed by atoms with E-state index in [4.69, 9.17) is 11.6 Å². The predicted molar refractivity (Wildman–Crippen MR) is 39.0 cm³/mol. The lowest BCUT2D eigenvalue weighted by Gasteiger charge is -1.93. The van der Waals surface area contributed by atoms with Crippen molar-refractivity contribution in [3.63, 3.8) is 0 Å². The molecule has 1 aliphatic rings. The van der Waals surface area contributed by atoms with Crippen molar-refractivity contribution in [1.29, 1.82) is 0 Å². The third-order valence-electron chi connectivity index (χ3n) is 1.69. The average molecular weight is 155 g/mol. The van der Waals surface area contributed by atoms with E-state index in [9.17, 15) is 0 Å². The van der Waals surface area contributed by atoms with E-state index in [1.54, 1.807) is 6.20 Å². The van der Waals surface area contributed by atoms with Crippen molar-refractivity contribution in [2.45, 2.75) is 18.8 Å². The van der Waals surface area contributed by atoms with Crippen LogP contribution in [0.25, 0.3) is 0 Å². The summed E-state index contributed by atoms with van der Waals surface area (Å²) in [7, 11) is 0. The fraction of sp³-hybridized carbons (Fsp3) is 0.429. The fourth-order valence-electron chi connectivity index (χ4n) is 0.994. The third-order valence-corrected chi connectivity index (χ3v) is 1.88. The molecule has 0 bridgehead atoms. The lowest BCUT2D eigenvalue weighted by Crippen LogP contribution is -1.85. The largest absolute Gasteiger partial charge is 0.157 e. The van der Waals surface area contributed by atoms with Crippen LogP contribution in [0.15, 0.2) is 12.3 Å². The standard InChI is InChI=1S/C7H7ClN2/c8-7-3-6(4-9-10-7)5-1-2-5/h3-5H,1-2H2. The molecule has 0 aromatic carbocycles. The molecule has 2 rings (SSSR count). The van der Waals surface area contributed by atoms with Crippen LogP contribution in [0.3, 0.4) is 0 Å². The van der Waals surface area contributed by atoms with Gasteiger partial charge in [0.2, 0.25) is 0 Å². The van der Waals surface area contributed by atoms with Crippen LogP contribution in [0.2, 0.25) is 5.15 Å². The van der Waals surface area contributed by atoms with Crippen LogP contribution in [0, 0.1) is 0 Å². The Morgan fingerprint density at radius 3 is 2.90 bits per heavy atom. The van der Waals surface area contributed by atoms with Crippen molar-refractivity contribution in [2.75, 3.05) is 0 Å². The minimum absolute atomic E-state index is 0.504. The Hall–Kier alpha value is -0.630. The van der Waals surface area contributed by atoms with Crippen molar-refractivity contribution in [3.05, 3.63) is 23.0 Å². The van der Waals surface area contributed by atoms with E-state index < -0.39 is 0 Å². The van der Waals surface area contributed by atoms with Gasteiger partial charge in [0.25, 0.3) is 0 Å². The molecular formula is C7H7ClN2. The molecule has 1 aromatic heterocycles. The predicted octanol–water partition coefficient (Wildman–Crippen LogP) is 2.01. The van der Waals surface area contributed by atoms with Gasteiger partial charge in [0, 0.05) is 0 Å². The summed E-state index contributed by atoms with van der Waals surface area (Å²) < 4.78 is 0. The molecule has 0 saturated heterocycles. The molecule has 0 atom stereocenters. The highest BCUT2D eigenvalue weighted by Gasteiger charge is 2.23. The van der Waals surface area contributed by atoms with E-state index in [1.807, 2.05) is 6.07 Å². The van der Waals surface area contributed by atoms with Crippen LogP contribution in [-0.2, 0) is 0 Å². The van der Waals surface area contributed by atoms with Crippen molar-refractivity contribution in [1.82, 2.24) is 10.2 Å². The fourth-order valence-corrected chi connectivity index (χ4v) is 1.16. The highest BCUT2D eigenvalue weighted by molar-refractivity contribution is 6.29. The van der Waals surface area contributed by atoms with E-state index in [0.717, 1.165) is 0 Å². The SMILES string of the molecule is Clc1cc(C2CC2)cnn1. The van der Waals surface area contributed by atoms with E-state index in [0.29, 0.717) is 11.1 Å². The second-order valence-electron chi connectivity index (χ2n) is 2.59. The summed E-state index contributed by atoms with van der Waals surface area (Å²) in [6.07, 6.45) is 4.35. The number of aromatic nitrogens is 2. The number of halogens is 1. The van der Waals surface area contributed by atoms with Gasteiger partial charge in [-0.2, -0.15) is 5.10 Å². The van der Waals surface area contributed by atoms with E-state index in [1.165, 1.54) is 18.4 Å². The molecule has 0 N–H and O–H groups in total. The van der Waals surface area contributed by atoms with Gasteiger partial charge in [-0.05, 0) is 30.4 Å². The Labute approximate surface area is 64.2 Å². The molecule has 2 nitrogen and oxygen atoms in total. The third kappa shape index (κ3) is 1.12. The zero-order valence-electron chi connectivity index (χ0n) is 5.42. The van der Waals surface area contributed by atoms with Gasteiger partial charge in [0.1, 0.15) is 0 Å².